The number of amides is 1. The molecule has 2 rings (SSSR count). The summed E-state index contributed by atoms with van der Waals surface area (Å²) < 4.78 is 5.28. The van der Waals surface area contributed by atoms with Crippen LogP contribution in [0.3, 0.4) is 0 Å². The summed E-state index contributed by atoms with van der Waals surface area (Å²) in [6, 6.07) is 7.13. The molecule has 0 heterocycles. The van der Waals surface area contributed by atoms with Crippen LogP contribution in [0.25, 0.3) is 0 Å². The third-order valence-corrected chi connectivity index (χ3v) is 4.19. The quantitative estimate of drug-likeness (QED) is 0.870. The van der Waals surface area contributed by atoms with E-state index >= 15 is 0 Å². The number of carbonyl (C=O) groups excluding carboxylic acids is 1. The summed E-state index contributed by atoms with van der Waals surface area (Å²) in [5.41, 5.74) is -0.345. The second-order valence-corrected chi connectivity index (χ2v) is 7.12. The first kappa shape index (κ1) is 17.3. The van der Waals surface area contributed by atoms with Gasteiger partial charge in [-0.05, 0) is 45.2 Å². The van der Waals surface area contributed by atoms with Crippen LogP contribution in [-0.2, 0) is 14.9 Å². The van der Waals surface area contributed by atoms with E-state index in [1.54, 1.807) is 39.0 Å². The monoisotopic (exact) mass is 319 g/mol. The number of aliphatic carboxylic acids is 1. The zero-order valence-electron chi connectivity index (χ0n) is 14.0. The molecule has 0 aromatic heterocycles. The summed E-state index contributed by atoms with van der Waals surface area (Å²) >= 11 is 0. The lowest BCUT2D eigenvalue weighted by atomic mass is 9.69. The van der Waals surface area contributed by atoms with Crippen molar-refractivity contribution in [3.05, 3.63) is 29.8 Å². The van der Waals surface area contributed by atoms with E-state index in [1.807, 2.05) is 6.07 Å². The highest BCUT2D eigenvalue weighted by Gasteiger charge is 2.42. The van der Waals surface area contributed by atoms with Gasteiger partial charge in [-0.3, -0.25) is 10.1 Å². The minimum absolute atomic E-state index is 0.519. The number of anilines is 1. The summed E-state index contributed by atoms with van der Waals surface area (Å²) in [4.78, 5) is 24.1. The Hall–Kier alpha value is -2.04. The van der Waals surface area contributed by atoms with Gasteiger partial charge >= 0.3 is 12.1 Å². The van der Waals surface area contributed by atoms with Gasteiger partial charge in [-0.15, -0.1) is 0 Å². The minimum Gasteiger partial charge on any atom is -0.481 e. The van der Waals surface area contributed by atoms with Gasteiger partial charge in [-0.25, -0.2) is 4.79 Å². The number of benzene rings is 1. The van der Waals surface area contributed by atoms with Crippen molar-refractivity contribution >= 4 is 17.7 Å². The van der Waals surface area contributed by atoms with Gasteiger partial charge in [0.2, 0.25) is 0 Å². The van der Waals surface area contributed by atoms with E-state index in [2.05, 4.69) is 5.32 Å². The van der Waals surface area contributed by atoms with Crippen molar-refractivity contribution < 1.29 is 19.4 Å². The second kappa shape index (κ2) is 6.60. The average Bonchev–Trinajstić information content (AvgIpc) is 2.46. The SMILES string of the molecule is CC(C)(C)OC(=O)Nc1ccccc1C1(C(=O)O)CCCCC1. The van der Waals surface area contributed by atoms with Crippen molar-refractivity contribution in [2.75, 3.05) is 5.32 Å². The lowest BCUT2D eigenvalue weighted by molar-refractivity contribution is -0.145. The number of carboxylic acids is 1. The van der Waals surface area contributed by atoms with Crippen LogP contribution in [0.1, 0.15) is 58.4 Å². The first-order valence-corrected chi connectivity index (χ1v) is 8.07. The number of carbonyl (C=O) groups is 2. The summed E-state index contributed by atoms with van der Waals surface area (Å²) in [6.07, 6.45) is 3.43. The fourth-order valence-corrected chi connectivity index (χ4v) is 3.18. The van der Waals surface area contributed by atoms with Crippen molar-refractivity contribution in [2.24, 2.45) is 0 Å². The van der Waals surface area contributed by atoms with Crippen LogP contribution >= 0.6 is 0 Å². The molecule has 23 heavy (non-hydrogen) atoms. The molecule has 1 saturated carbocycles. The molecule has 126 valence electrons. The molecule has 0 aliphatic heterocycles. The number of hydrogen-bond donors (Lipinski definition) is 2. The normalized spacial score (nSPS) is 17.3. The van der Waals surface area contributed by atoms with Crippen LogP contribution in [0.15, 0.2) is 24.3 Å². The summed E-state index contributed by atoms with van der Waals surface area (Å²) in [6.45, 7) is 5.37. The van der Waals surface area contributed by atoms with Gasteiger partial charge in [-0.1, -0.05) is 37.5 Å². The third kappa shape index (κ3) is 4.03. The molecule has 1 amide bonds. The lowest BCUT2D eigenvalue weighted by Crippen LogP contribution is -2.39. The topological polar surface area (TPSA) is 75.6 Å². The van der Waals surface area contributed by atoms with Gasteiger partial charge in [0.05, 0.1) is 5.41 Å². The average molecular weight is 319 g/mol. The summed E-state index contributed by atoms with van der Waals surface area (Å²) in [7, 11) is 0. The van der Waals surface area contributed by atoms with Crippen LogP contribution in [0, 0.1) is 0 Å². The van der Waals surface area contributed by atoms with Crippen LogP contribution in [-0.4, -0.2) is 22.8 Å². The standard InChI is InChI=1S/C18H25NO4/c1-17(2,3)23-16(22)19-14-10-6-5-9-13(14)18(15(20)21)11-7-4-8-12-18/h5-6,9-10H,4,7-8,11-12H2,1-3H3,(H,19,22)(H,20,21). The number of para-hydroxylation sites is 1. The number of nitrogens with one attached hydrogen (secondary N) is 1. The third-order valence-electron chi connectivity index (χ3n) is 4.19. The van der Waals surface area contributed by atoms with Crippen molar-refractivity contribution in [1.29, 1.82) is 0 Å². The largest absolute Gasteiger partial charge is 0.481 e. The molecule has 1 aliphatic rings. The fourth-order valence-electron chi connectivity index (χ4n) is 3.18. The van der Waals surface area contributed by atoms with E-state index in [0.717, 1.165) is 19.3 Å². The van der Waals surface area contributed by atoms with E-state index in [1.165, 1.54) is 0 Å². The predicted molar refractivity (Wildman–Crippen MR) is 88.7 cm³/mol. The Labute approximate surface area is 137 Å². The van der Waals surface area contributed by atoms with Gasteiger partial charge in [0, 0.05) is 5.69 Å². The lowest BCUT2D eigenvalue weighted by Gasteiger charge is -2.35. The molecule has 1 aliphatic carbocycles. The molecule has 0 radical (unpaired) electrons. The molecule has 0 spiro atoms. The van der Waals surface area contributed by atoms with Gasteiger partial charge in [0.1, 0.15) is 5.60 Å². The Morgan fingerprint density at radius 1 is 1.13 bits per heavy atom. The predicted octanol–water partition coefficient (Wildman–Crippen LogP) is 4.32. The zero-order valence-corrected chi connectivity index (χ0v) is 14.0. The first-order valence-electron chi connectivity index (χ1n) is 8.07. The molecule has 0 atom stereocenters. The smallest absolute Gasteiger partial charge is 0.412 e. The van der Waals surface area contributed by atoms with E-state index < -0.39 is 23.1 Å². The Morgan fingerprint density at radius 2 is 1.74 bits per heavy atom. The second-order valence-electron chi connectivity index (χ2n) is 7.12. The molecule has 0 unspecified atom stereocenters. The Balaban J connectivity index is 2.32. The maximum Gasteiger partial charge on any atom is 0.412 e. The van der Waals surface area contributed by atoms with Crippen LogP contribution in [0.4, 0.5) is 10.5 Å². The Morgan fingerprint density at radius 3 is 2.30 bits per heavy atom. The molecule has 5 heteroatoms. The number of carboxylic acid groups (broad SMARTS) is 1. The molecule has 1 fully saturated rings. The number of ether oxygens (including phenoxy) is 1. The molecular formula is C18H25NO4. The van der Waals surface area contributed by atoms with Gasteiger partial charge in [0.15, 0.2) is 0 Å². The van der Waals surface area contributed by atoms with Crippen molar-refractivity contribution in [1.82, 2.24) is 0 Å². The molecule has 5 nitrogen and oxygen atoms in total. The number of hydrogen-bond acceptors (Lipinski definition) is 3. The van der Waals surface area contributed by atoms with E-state index in [4.69, 9.17) is 4.74 Å². The highest BCUT2D eigenvalue weighted by atomic mass is 16.6. The number of rotatable bonds is 3. The highest BCUT2D eigenvalue weighted by molar-refractivity contribution is 5.90. The van der Waals surface area contributed by atoms with Crippen LogP contribution in [0.5, 0.6) is 0 Å². The van der Waals surface area contributed by atoms with Crippen molar-refractivity contribution in [3.8, 4) is 0 Å². The van der Waals surface area contributed by atoms with Crippen molar-refractivity contribution in [2.45, 2.75) is 63.9 Å². The molecule has 0 saturated heterocycles. The molecule has 2 N–H and O–H groups in total. The Bertz CT molecular complexity index is 583. The van der Waals surface area contributed by atoms with Gasteiger partial charge in [0.25, 0.3) is 0 Å². The van der Waals surface area contributed by atoms with E-state index in [-0.39, 0.29) is 0 Å². The first-order chi connectivity index (χ1) is 10.7. The minimum atomic E-state index is -0.927. The molecular weight excluding hydrogens is 294 g/mol. The molecule has 1 aromatic carbocycles. The molecule has 1 aromatic rings. The highest BCUT2D eigenvalue weighted by Crippen LogP contribution is 2.42. The Kier molecular flexibility index (Phi) is 4.97. The molecule has 0 bridgehead atoms. The summed E-state index contributed by atoms with van der Waals surface area (Å²) in [5.74, 6) is -0.823. The van der Waals surface area contributed by atoms with Crippen LogP contribution in [0.2, 0.25) is 0 Å². The van der Waals surface area contributed by atoms with Crippen molar-refractivity contribution in [3.63, 3.8) is 0 Å². The van der Waals surface area contributed by atoms with Gasteiger partial charge in [-0.2, -0.15) is 0 Å². The maximum absolute atomic E-state index is 12.1. The maximum atomic E-state index is 12.1. The van der Waals surface area contributed by atoms with E-state index in [9.17, 15) is 14.7 Å². The van der Waals surface area contributed by atoms with Crippen LogP contribution < -0.4 is 5.32 Å². The van der Waals surface area contributed by atoms with Gasteiger partial charge < -0.3 is 9.84 Å². The fraction of sp³-hybridized carbons (Fsp3) is 0.556. The van der Waals surface area contributed by atoms with E-state index in [0.29, 0.717) is 24.1 Å². The zero-order chi connectivity index (χ0) is 17.1. The summed E-state index contributed by atoms with van der Waals surface area (Å²) in [5, 5.41) is 12.6.